The minimum atomic E-state index is -3.64. The predicted molar refractivity (Wildman–Crippen MR) is 180 cm³/mol. The van der Waals surface area contributed by atoms with Gasteiger partial charge in [-0.15, -0.1) is 0 Å². The van der Waals surface area contributed by atoms with Gasteiger partial charge < -0.3 is 19.5 Å². The van der Waals surface area contributed by atoms with Gasteiger partial charge in [0.05, 0.1) is 31.8 Å². The molecule has 2 aromatic rings. The molecule has 1 N–H and O–H groups in total. The van der Waals surface area contributed by atoms with E-state index in [2.05, 4.69) is 40.5 Å². The molecule has 254 valence electrons. The second-order valence-electron chi connectivity index (χ2n) is 13.4. The summed E-state index contributed by atoms with van der Waals surface area (Å²) in [4.78, 5) is 15.8. The van der Waals surface area contributed by atoms with Crippen LogP contribution in [0.5, 0.6) is 5.75 Å². The molecule has 10 heteroatoms. The summed E-state index contributed by atoms with van der Waals surface area (Å²) in [5, 5.41) is 3.22. The van der Waals surface area contributed by atoms with E-state index in [1.807, 2.05) is 13.8 Å². The van der Waals surface area contributed by atoms with Gasteiger partial charge in [-0.3, -0.25) is 9.69 Å². The first kappa shape index (κ1) is 34.8. The first-order valence-corrected chi connectivity index (χ1v) is 18.6. The number of sulfonamides is 1. The number of benzene rings is 2. The maximum absolute atomic E-state index is 13.6. The van der Waals surface area contributed by atoms with Gasteiger partial charge in [-0.2, -0.15) is 4.31 Å². The summed E-state index contributed by atoms with van der Waals surface area (Å²) in [6.07, 6.45) is 8.09. The zero-order valence-electron chi connectivity index (χ0n) is 27.9. The average molecular weight is 656 g/mol. The molecule has 2 atom stereocenters. The molecular weight excluding hydrogens is 602 g/mol. The number of morpholine rings is 1. The Balaban J connectivity index is 1.06. The smallest absolute Gasteiger partial charge is 0.246 e. The van der Waals surface area contributed by atoms with Crippen molar-refractivity contribution < 1.29 is 27.4 Å². The van der Waals surface area contributed by atoms with Gasteiger partial charge in [-0.25, -0.2) is 8.42 Å². The van der Waals surface area contributed by atoms with Crippen LogP contribution in [0.2, 0.25) is 0 Å². The van der Waals surface area contributed by atoms with Crippen molar-refractivity contribution in [2.75, 3.05) is 59.7 Å². The molecule has 1 aliphatic carbocycles. The van der Waals surface area contributed by atoms with E-state index >= 15 is 0 Å². The Morgan fingerprint density at radius 1 is 1.00 bits per heavy atom. The van der Waals surface area contributed by atoms with Crippen LogP contribution in [0.15, 0.2) is 47.4 Å². The predicted octanol–water partition coefficient (Wildman–Crippen LogP) is 4.74. The molecule has 9 nitrogen and oxygen atoms in total. The maximum Gasteiger partial charge on any atom is 0.246 e. The van der Waals surface area contributed by atoms with Crippen LogP contribution in [0.4, 0.5) is 0 Å². The molecule has 2 saturated heterocycles. The number of methoxy groups -OCH3 is 1. The van der Waals surface area contributed by atoms with Gasteiger partial charge >= 0.3 is 0 Å². The lowest BCUT2D eigenvalue weighted by molar-refractivity contribution is -0.127. The third-order valence-electron chi connectivity index (χ3n) is 10.1. The fraction of sp³-hybridized carbons (Fsp3) is 0.639. The summed E-state index contributed by atoms with van der Waals surface area (Å²) >= 11 is 0. The van der Waals surface area contributed by atoms with Crippen LogP contribution in [-0.4, -0.2) is 95.3 Å². The van der Waals surface area contributed by atoms with Crippen molar-refractivity contribution in [1.29, 1.82) is 0 Å². The molecule has 0 radical (unpaired) electrons. The quantitative estimate of drug-likeness (QED) is 0.333. The van der Waals surface area contributed by atoms with Crippen LogP contribution >= 0.6 is 0 Å². The Bertz CT molecular complexity index is 1350. The molecule has 2 heterocycles. The van der Waals surface area contributed by atoms with Gasteiger partial charge in [0.1, 0.15) is 12.4 Å². The number of carbonyl (C=O) groups is 1. The molecule has 46 heavy (non-hydrogen) atoms. The van der Waals surface area contributed by atoms with Crippen LogP contribution in [0, 0.1) is 25.7 Å². The Hall–Kier alpha value is -2.50. The third-order valence-corrected chi connectivity index (χ3v) is 12.3. The highest BCUT2D eigenvalue weighted by Crippen LogP contribution is 2.33. The molecule has 2 aliphatic heterocycles. The Morgan fingerprint density at radius 2 is 1.70 bits per heavy atom. The number of nitrogens with one attached hydrogen (secondary N) is 1. The van der Waals surface area contributed by atoms with Gasteiger partial charge in [0.15, 0.2) is 0 Å². The minimum absolute atomic E-state index is 0.00729. The number of nitrogens with zero attached hydrogens (tertiary/aromatic N) is 2. The summed E-state index contributed by atoms with van der Waals surface area (Å²) < 4.78 is 45.6. The first-order chi connectivity index (χ1) is 22.2. The van der Waals surface area contributed by atoms with Crippen molar-refractivity contribution in [3.8, 4) is 5.75 Å². The lowest BCUT2D eigenvalue weighted by atomic mass is 9.79. The summed E-state index contributed by atoms with van der Waals surface area (Å²) in [7, 11) is -2.06. The fourth-order valence-electron chi connectivity index (χ4n) is 7.77. The van der Waals surface area contributed by atoms with Crippen molar-refractivity contribution in [1.82, 2.24) is 14.5 Å². The molecule has 1 amide bonds. The van der Waals surface area contributed by atoms with E-state index in [4.69, 9.17) is 14.2 Å². The molecule has 0 aromatic heterocycles. The van der Waals surface area contributed by atoms with Crippen LogP contribution in [0.1, 0.15) is 61.6 Å². The fourth-order valence-corrected chi connectivity index (χ4v) is 9.73. The number of rotatable bonds is 13. The van der Waals surface area contributed by atoms with E-state index in [0.29, 0.717) is 53.4 Å². The normalized spacial score (nSPS) is 23.9. The van der Waals surface area contributed by atoms with E-state index in [9.17, 15) is 13.2 Å². The molecular formula is C36H53N3O6S. The SMILES string of the molecule is COc1cc(C)c(S(=O)(=O)N2CCCC(COCC(=O)NC3CCC(C(CCc4ccccc4)N4CCOCC4)CC3)C2)c(C)c1. The molecule has 0 spiro atoms. The van der Waals surface area contributed by atoms with Gasteiger partial charge in [-0.1, -0.05) is 30.3 Å². The van der Waals surface area contributed by atoms with Crippen molar-refractivity contribution >= 4 is 15.9 Å². The molecule has 0 bridgehead atoms. The van der Waals surface area contributed by atoms with Crippen molar-refractivity contribution in [3.05, 3.63) is 59.2 Å². The summed E-state index contributed by atoms with van der Waals surface area (Å²) in [6, 6.07) is 15.0. The highest BCUT2D eigenvalue weighted by molar-refractivity contribution is 7.89. The zero-order chi connectivity index (χ0) is 32.5. The minimum Gasteiger partial charge on any atom is -0.497 e. The molecule has 2 aromatic carbocycles. The van der Waals surface area contributed by atoms with Crippen molar-refractivity contribution in [3.63, 3.8) is 0 Å². The summed E-state index contributed by atoms with van der Waals surface area (Å²) in [5.41, 5.74) is 2.76. The molecule has 1 saturated carbocycles. The molecule has 3 fully saturated rings. The van der Waals surface area contributed by atoms with Gasteiger partial charge in [0.2, 0.25) is 15.9 Å². The number of aryl methyl sites for hydroxylation is 3. The van der Waals surface area contributed by atoms with Gasteiger partial charge in [-0.05, 0) is 106 Å². The highest BCUT2D eigenvalue weighted by Gasteiger charge is 2.34. The monoisotopic (exact) mass is 655 g/mol. The lowest BCUT2D eigenvalue weighted by Gasteiger charge is -2.42. The Kier molecular flexibility index (Phi) is 12.5. The van der Waals surface area contributed by atoms with Crippen LogP contribution < -0.4 is 10.1 Å². The second kappa shape index (κ2) is 16.6. The number of piperidine rings is 1. The number of ether oxygens (including phenoxy) is 3. The third kappa shape index (κ3) is 9.10. The summed E-state index contributed by atoms with van der Waals surface area (Å²) in [6.45, 7) is 8.51. The molecule has 5 rings (SSSR count). The topological polar surface area (TPSA) is 97.4 Å². The average Bonchev–Trinajstić information content (AvgIpc) is 3.06. The van der Waals surface area contributed by atoms with Gasteiger partial charge in [0, 0.05) is 38.3 Å². The van der Waals surface area contributed by atoms with E-state index in [-0.39, 0.29) is 24.5 Å². The van der Waals surface area contributed by atoms with Crippen LogP contribution in [0.25, 0.3) is 0 Å². The van der Waals surface area contributed by atoms with Crippen LogP contribution in [0.3, 0.4) is 0 Å². The molecule has 2 unspecified atom stereocenters. The molecule has 3 aliphatic rings. The van der Waals surface area contributed by atoms with E-state index in [1.54, 1.807) is 23.5 Å². The zero-order valence-corrected chi connectivity index (χ0v) is 28.7. The van der Waals surface area contributed by atoms with Crippen LogP contribution in [-0.2, 0) is 30.7 Å². The summed E-state index contributed by atoms with van der Waals surface area (Å²) in [5.74, 6) is 1.25. The first-order valence-electron chi connectivity index (χ1n) is 17.1. The standard InChI is InChI=1S/C36H53N3O6S/c1-27-22-33(43-3)23-28(2)36(27)46(41,42)39-17-7-10-30(24-39)25-45-26-35(40)37-32-14-12-31(13-15-32)34(38-18-20-44-21-19-38)16-11-29-8-5-4-6-9-29/h4-6,8-9,22-23,30-32,34H,7,10-21,24-26H2,1-3H3,(H,37,40). The van der Waals surface area contributed by atoms with E-state index < -0.39 is 10.0 Å². The maximum atomic E-state index is 13.6. The number of hydrogen-bond donors (Lipinski definition) is 1. The largest absolute Gasteiger partial charge is 0.497 e. The highest BCUT2D eigenvalue weighted by atomic mass is 32.2. The van der Waals surface area contributed by atoms with Crippen molar-refractivity contribution in [2.45, 2.75) is 82.2 Å². The number of amides is 1. The van der Waals surface area contributed by atoms with E-state index in [0.717, 1.165) is 77.7 Å². The van der Waals surface area contributed by atoms with E-state index in [1.165, 1.54) is 5.56 Å². The Morgan fingerprint density at radius 3 is 2.37 bits per heavy atom. The second-order valence-corrected chi connectivity index (χ2v) is 15.3. The lowest BCUT2D eigenvalue weighted by Crippen LogP contribution is -2.49. The number of carbonyl (C=O) groups excluding carboxylic acids is 1. The van der Waals surface area contributed by atoms with Crippen molar-refractivity contribution in [2.24, 2.45) is 11.8 Å². The Labute approximate surface area is 276 Å². The van der Waals surface area contributed by atoms with Gasteiger partial charge in [0.25, 0.3) is 0 Å². The number of hydrogen-bond acceptors (Lipinski definition) is 7.